The summed E-state index contributed by atoms with van der Waals surface area (Å²) < 4.78 is 43.5. The summed E-state index contributed by atoms with van der Waals surface area (Å²) in [6.07, 6.45) is 2.22. The first-order valence-electron chi connectivity index (χ1n) is 9.03. The van der Waals surface area contributed by atoms with Crippen LogP contribution >= 0.6 is 11.6 Å². The molecule has 0 fully saturated rings. The minimum absolute atomic E-state index is 0.146. The van der Waals surface area contributed by atoms with Gasteiger partial charge in [0.15, 0.2) is 0 Å². The van der Waals surface area contributed by atoms with Gasteiger partial charge in [-0.1, -0.05) is 23.7 Å². The number of hydrogen-bond donors (Lipinski definition) is 1. The first-order valence-corrected chi connectivity index (χ1v) is 11.3. The number of carbonyl (C=O) groups excluding carboxylic acids is 1. The van der Waals surface area contributed by atoms with E-state index in [4.69, 9.17) is 16.3 Å². The van der Waals surface area contributed by atoms with Gasteiger partial charge in [-0.25, -0.2) is 12.8 Å². The van der Waals surface area contributed by atoms with Crippen LogP contribution in [0.3, 0.4) is 0 Å². The van der Waals surface area contributed by atoms with E-state index in [9.17, 15) is 17.6 Å². The summed E-state index contributed by atoms with van der Waals surface area (Å²) >= 11 is 6.09. The topological polar surface area (TPSA) is 75.7 Å². The van der Waals surface area contributed by atoms with Gasteiger partial charge in [0, 0.05) is 19.5 Å². The molecule has 2 aromatic rings. The summed E-state index contributed by atoms with van der Waals surface area (Å²) in [5.74, 6) is -0.0240. The van der Waals surface area contributed by atoms with Crippen molar-refractivity contribution >= 4 is 33.2 Å². The van der Waals surface area contributed by atoms with Crippen molar-refractivity contribution in [2.75, 3.05) is 30.8 Å². The summed E-state index contributed by atoms with van der Waals surface area (Å²) in [5, 5.41) is 3.09. The van der Waals surface area contributed by atoms with Gasteiger partial charge in [0.25, 0.3) is 0 Å². The third-order valence-electron chi connectivity index (χ3n) is 4.24. The highest BCUT2D eigenvalue weighted by molar-refractivity contribution is 7.92. The molecule has 158 valence electrons. The molecule has 0 spiro atoms. The minimum atomic E-state index is -3.54. The fraction of sp³-hybridized carbons (Fsp3) is 0.350. The van der Waals surface area contributed by atoms with Gasteiger partial charge in [0.05, 0.1) is 24.1 Å². The van der Waals surface area contributed by atoms with Gasteiger partial charge in [-0.05, 0) is 48.7 Å². The van der Waals surface area contributed by atoms with Crippen LogP contribution in [0.15, 0.2) is 42.5 Å². The number of amides is 1. The van der Waals surface area contributed by atoms with E-state index in [0.717, 1.165) is 11.8 Å². The molecule has 1 amide bonds. The zero-order chi connectivity index (χ0) is 21.4. The zero-order valence-corrected chi connectivity index (χ0v) is 17.9. The zero-order valence-electron chi connectivity index (χ0n) is 16.3. The maximum atomic E-state index is 12.9. The van der Waals surface area contributed by atoms with E-state index in [1.165, 1.54) is 29.6 Å². The van der Waals surface area contributed by atoms with Gasteiger partial charge >= 0.3 is 0 Å². The molecule has 29 heavy (non-hydrogen) atoms. The van der Waals surface area contributed by atoms with Gasteiger partial charge in [0.2, 0.25) is 15.9 Å². The van der Waals surface area contributed by atoms with Crippen LogP contribution in [0.4, 0.5) is 10.1 Å². The number of carbonyl (C=O) groups is 1. The third-order valence-corrected chi connectivity index (χ3v) is 5.73. The van der Waals surface area contributed by atoms with Gasteiger partial charge in [-0.3, -0.25) is 9.10 Å². The minimum Gasteiger partial charge on any atom is -0.495 e. The Morgan fingerprint density at radius 2 is 1.90 bits per heavy atom. The number of nitrogens with zero attached hydrogens (tertiary/aromatic N) is 1. The average molecular weight is 443 g/mol. The van der Waals surface area contributed by atoms with Gasteiger partial charge in [-0.15, -0.1) is 0 Å². The number of hydrogen-bond acceptors (Lipinski definition) is 4. The largest absolute Gasteiger partial charge is 0.495 e. The molecule has 0 bridgehead atoms. The van der Waals surface area contributed by atoms with Crippen molar-refractivity contribution in [3.8, 4) is 5.75 Å². The first kappa shape index (κ1) is 23.0. The summed E-state index contributed by atoms with van der Waals surface area (Å²) in [4.78, 5) is 12.0. The predicted octanol–water partition coefficient (Wildman–Crippen LogP) is 3.39. The summed E-state index contributed by atoms with van der Waals surface area (Å²) in [5.41, 5.74) is 1.33. The monoisotopic (exact) mass is 442 g/mol. The van der Waals surface area contributed by atoms with E-state index in [1.54, 1.807) is 24.3 Å². The van der Waals surface area contributed by atoms with Crippen molar-refractivity contribution in [1.29, 1.82) is 0 Å². The van der Waals surface area contributed by atoms with Crippen LogP contribution in [0.25, 0.3) is 0 Å². The van der Waals surface area contributed by atoms with E-state index in [0.29, 0.717) is 35.8 Å². The number of halogens is 2. The van der Waals surface area contributed by atoms with Crippen molar-refractivity contribution in [2.24, 2.45) is 0 Å². The quantitative estimate of drug-likeness (QED) is 0.612. The Bertz CT molecular complexity index is 936. The lowest BCUT2D eigenvalue weighted by atomic mass is 10.1. The van der Waals surface area contributed by atoms with Gasteiger partial charge in [0.1, 0.15) is 11.6 Å². The van der Waals surface area contributed by atoms with Crippen LogP contribution in [-0.4, -0.2) is 40.8 Å². The van der Waals surface area contributed by atoms with E-state index in [2.05, 4.69) is 5.32 Å². The summed E-state index contributed by atoms with van der Waals surface area (Å²) in [6.45, 7) is 0.571. The molecule has 2 aromatic carbocycles. The SMILES string of the molecule is COc1ccc(N(CCCC(=O)NCCc2ccc(F)cc2)S(C)(=O)=O)cc1Cl. The molecule has 0 aliphatic rings. The number of benzene rings is 2. The van der Waals surface area contributed by atoms with Crippen LogP contribution in [0.2, 0.25) is 5.02 Å². The molecular formula is C20H24ClFN2O4S. The molecule has 0 atom stereocenters. The molecule has 0 aliphatic carbocycles. The van der Waals surface area contributed by atoms with Crippen LogP contribution in [0.1, 0.15) is 18.4 Å². The molecule has 0 heterocycles. The lowest BCUT2D eigenvalue weighted by Gasteiger charge is -2.23. The molecule has 0 unspecified atom stereocenters. The number of methoxy groups -OCH3 is 1. The highest BCUT2D eigenvalue weighted by Gasteiger charge is 2.19. The van der Waals surface area contributed by atoms with Crippen molar-refractivity contribution in [3.05, 3.63) is 58.9 Å². The molecule has 2 rings (SSSR count). The molecule has 9 heteroatoms. The molecule has 0 saturated carbocycles. The van der Waals surface area contributed by atoms with Crippen LogP contribution in [-0.2, 0) is 21.2 Å². The molecular weight excluding hydrogens is 419 g/mol. The third kappa shape index (κ3) is 7.21. The Morgan fingerprint density at radius 3 is 2.48 bits per heavy atom. The number of nitrogens with one attached hydrogen (secondary N) is 1. The lowest BCUT2D eigenvalue weighted by molar-refractivity contribution is -0.121. The van der Waals surface area contributed by atoms with Crippen molar-refractivity contribution < 1.29 is 22.3 Å². The van der Waals surface area contributed by atoms with Crippen molar-refractivity contribution in [2.45, 2.75) is 19.3 Å². The smallest absolute Gasteiger partial charge is 0.232 e. The maximum Gasteiger partial charge on any atom is 0.232 e. The van der Waals surface area contributed by atoms with E-state index in [1.807, 2.05) is 0 Å². The normalized spacial score (nSPS) is 11.2. The molecule has 6 nitrogen and oxygen atoms in total. The van der Waals surface area contributed by atoms with E-state index in [-0.39, 0.29) is 24.7 Å². The second kappa shape index (κ2) is 10.5. The van der Waals surface area contributed by atoms with Crippen LogP contribution in [0.5, 0.6) is 5.75 Å². The van der Waals surface area contributed by atoms with Crippen LogP contribution < -0.4 is 14.4 Å². The van der Waals surface area contributed by atoms with Crippen molar-refractivity contribution in [3.63, 3.8) is 0 Å². The molecule has 0 radical (unpaired) electrons. The molecule has 1 N–H and O–H groups in total. The molecule has 0 aliphatic heterocycles. The second-order valence-corrected chi connectivity index (χ2v) is 8.80. The Morgan fingerprint density at radius 1 is 1.21 bits per heavy atom. The van der Waals surface area contributed by atoms with Gasteiger partial charge < -0.3 is 10.1 Å². The Labute approximate surface area is 175 Å². The average Bonchev–Trinajstić information content (AvgIpc) is 2.66. The van der Waals surface area contributed by atoms with Gasteiger partial charge in [-0.2, -0.15) is 0 Å². The predicted molar refractivity (Wildman–Crippen MR) is 113 cm³/mol. The van der Waals surface area contributed by atoms with E-state index < -0.39 is 10.0 Å². The molecule has 0 saturated heterocycles. The summed E-state index contributed by atoms with van der Waals surface area (Å²) in [6, 6.07) is 10.8. The first-order chi connectivity index (χ1) is 13.7. The Balaban J connectivity index is 1.85. The number of anilines is 1. The number of ether oxygens (including phenoxy) is 1. The Kier molecular flexibility index (Phi) is 8.28. The summed E-state index contributed by atoms with van der Waals surface area (Å²) in [7, 11) is -2.06. The fourth-order valence-corrected chi connectivity index (χ4v) is 3.97. The van der Waals surface area contributed by atoms with E-state index >= 15 is 0 Å². The van der Waals surface area contributed by atoms with Crippen LogP contribution in [0, 0.1) is 5.82 Å². The molecule has 0 aromatic heterocycles. The lowest BCUT2D eigenvalue weighted by Crippen LogP contribution is -2.32. The second-order valence-electron chi connectivity index (χ2n) is 6.48. The highest BCUT2D eigenvalue weighted by Crippen LogP contribution is 2.30. The number of sulfonamides is 1. The number of rotatable bonds is 10. The fourth-order valence-electron chi connectivity index (χ4n) is 2.77. The standard InChI is InChI=1S/C20H24ClFN2O4S/c1-28-19-10-9-17(14-18(19)21)24(29(2,26)27)13-3-4-20(25)23-12-11-15-5-7-16(22)8-6-15/h5-10,14H,3-4,11-13H2,1-2H3,(H,23,25). The maximum absolute atomic E-state index is 12.9. The highest BCUT2D eigenvalue weighted by atomic mass is 35.5. The van der Waals surface area contributed by atoms with Crippen molar-refractivity contribution in [1.82, 2.24) is 5.32 Å². The Hall–Kier alpha value is -2.32.